The van der Waals surface area contributed by atoms with Gasteiger partial charge in [0.25, 0.3) is 0 Å². The summed E-state index contributed by atoms with van der Waals surface area (Å²) in [5.74, 6) is -0.0656. The van der Waals surface area contributed by atoms with E-state index < -0.39 is 5.60 Å². The van der Waals surface area contributed by atoms with E-state index in [1.54, 1.807) is 0 Å². The summed E-state index contributed by atoms with van der Waals surface area (Å²) in [6, 6.07) is 8.29. The smallest absolute Gasteiger partial charge is 0.223 e. The molecule has 3 rings (SSSR count). The number of hydrogen-bond donors (Lipinski definition) is 2. The molecule has 0 aromatic heterocycles. The number of nitrogens with one attached hydrogen (secondary N) is 1. The van der Waals surface area contributed by atoms with E-state index in [0.29, 0.717) is 0 Å². The van der Waals surface area contributed by atoms with Gasteiger partial charge in [0.1, 0.15) is 0 Å². The summed E-state index contributed by atoms with van der Waals surface area (Å²) in [7, 11) is 0. The highest BCUT2D eigenvalue weighted by Gasteiger charge is 2.33. The Morgan fingerprint density at radius 2 is 1.88 bits per heavy atom. The normalized spacial score (nSPS) is 21.5. The SMILES string of the molecule is CC(NC(=O)CC1(O)CCCC1)c1ccc(N2CCOCC2)cc1. The zero-order valence-corrected chi connectivity index (χ0v) is 14.5. The molecule has 1 aliphatic heterocycles. The highest BCUT2D eigenvalue weighted by atomic mass is 16.5. The summed E-state index contributed by atoms with van der Waals surface area (Å²) < 4.78 is 5.38. The minimum Gasteiger partial charge on any atom is -0.389 e. The van der Waals surface area contributed by atoms with Gasteiger partial charge in [0.05, 0.1) is 31.3 Å². The van der Waals surface area contributed by atoms with Crippen molar-refractivity contribution in [3.63, 3.8) is 0 Å². The lowest BCUT2D eigenvalue weighted by molar-refractivity contribution is -0.126. The summed E-state index contributed by atoms with van der Waals surface area (Å²) >= 11 is 0. The summed E-state index contributed by atoms with van der Waals surface area (Å²) in [5.41, 5.74) is 1.49. The molecule has 5 heteroatoms. The van der Waals surface area contributed by atoms with Crippen LogP contribution in [0.4, 0.5) is 5.69 Å². The fraction of sp³-hybridized carbons (Fsp3) is 0.632. The van der Waals surface area contributed by atoms with E-state index in [-0.39, 0.29) is 18.4 Å². The third kappa shape index (κ3) is 4.28. The lowest BCUT2D eigenvalue weighted by Crippen LogP contribution is -2.36. The lowest BCUT2D eigenvalue weighted by atomic mass is 9.97. The summed E-state index contributed by atoms with van der Waals surface area (Å²) in [6.45, 7) is 5.38. The van der Waals surface area contributed by atoms with Gasteiger partial charge in [0.2, 0.25) is 5.91 Å². The van der Waals surface area contributed by atoms with Gasteiger partial charge in [0, 0.05) is 18.8 Å². The van der Waals surface area contributed by atoms with E-state index in [9.17, 15) is 9.90 Å². The Balaban J connectivity index is 1.54. The molecular weight excluding hydrogens is 304 g/mol. The van der Waals surface area contributed by atoms with Crippen LogP contribution in [0.15, 0.2) is 24.3 Å². The molecule has 1 amide bonds. The summed E-state index contributed by atoms with van der Waals surface area (Å²) in [4.78, 5) is 14.5. The van der Waals surface area contributed by atoms with E-state index in [1.165, 1.54) is 5.69 Å². The molecule has 1 saturated heterocycles. The number of morpholine rings is 1. The molecule has 0 radical (unpaired) electrons. The van der Waals surface area contributed by atoms with Gasteiger partial charge >= 0.3 is 0 Å². The molecule has 1 atom stereocenters. The Morgan fingerprint density at radius 1 is 1.25 bits per heavy atom. The van der Waals surface area contributed by atoms with E-state index >= 15 is 0 Å². The molecule has 0 bridgehead atoms. The minimum absolute atomic E-state index is 0.0544. The molecule has 24 heavy (non-hydrogen) atoms. The average Bonchev–Trinajstić information content (AvgIpc) is 3.01. The highest BCUT2D eigenvalue weighted by Crippen LogP contribution is 2.32. The predicted octanol–water partition coefficient (Wildman–Crippen LogP) is 2.40. The number of carbonyl (C=O) groups excluding carboxylic acids is 1. The molecule has 1 aromatic carbocycles. The van der Waals surface area contributed by atoms with E-state index in [4.69, 9.17) is 4.74 Å². The van der Waals surface area contributed by atoms with Crippen LogP contribution in [0.1, 0.15) is 50.6 Å². The van der Waals surface area contributed by atoms with Crippen molar-refractivity contribution in [1.82, 2.24) is 5.32 Å². The van der Waals surface area contributed by atoms with Crippen LogP contribution in [0.2, 0.25) is 0 Å². The second-order valence-corrected chi connectivity index (χ2v) is 7.09. The third-order valence-electron chi connectivity index (χ3n) is 5.17. The Bertz CT molecular complexity index is 546. The maximum atomic E-state index is 12.2. The number of aliphatic hydroxyl groups is 1. The van der Waals surface area contributed by atoms with Crippen molar-refractivity contribution in [1.29, 1.82) is 0 Å². The summed E-state index contributed by atoms with van der Waals surface area (Å²) in [5, 5.41) is 13.4. The number of benzene rings is 1. The Morgan fingerprint density at radius 3 is 2.50 bits per heavy atom. The van der Waals surface area contributed by atoms with Crippen molar-refractivity contribution in [2.75, 3.05) is 31.2 Å². The van der Waals surface area contributed by atoms with Crippen LogP contribution in [0.3, 0.4) is 0 Å². The maximum absolute atomic E-state index is 12.2. The third-order valence-corrected chi connectivity index (χ3v) is 5.17. The number of anilines is 1. The van der Waals surface area contributed by atoms with E-state index in [0.717, 1.165) is 57.6 Å². The average molecular weight is 332 g/mol. The molecule has 2 aliphatic rings. The molecule has 1 saturated carbocycles. The van der Waals surface area contributed by atoms with Crippen molar-refractivity contribution in [3.05, 3.63) is 29.8 Å². The van der Waals surface area contributed by atoms with Crippen molar-refractivity contribution in [2.24, 2.45) is 0 Å². The predicted molar refractivity (Wildman–Crippen MR) is 94.1 cm³/mol. The fourth-order valence-corrected chi connectivity index (χ4v) is 3.68. The number of rotatable bonds is 5. The van der Waals surface area contributed by atoms with Gasteiger partial charge in [-0.15, -0.1) is 0 Å². The van der Waals surface area contributed by atoms with Crippen LogP contribution in [0.5, 0.6) is 0 Å². The Hall–Kier alpha value is -1.59. The molecule has 132 valence electrons. The van der Waals surface area contributed by atoms with Crippen LogP contribution < -0.4 is 10.2 Å². The lowest BCUT2D eigenvalue weighted by Gasteiger charge is -2.29. The second-order valence-electron chi connectivity index (χ2n) is 7.09. The Kier molecular flexibility index (Phi) is 5.41. The van der Waals surface area contributed by atoms with Crippen molar-refractivity contribution >= 4 is 11.6 Å². The van der Waals surface area contributed by atoms with Gasteiger partial charge in [-0.3, -0.25) is 4.79 Å². The number of amides is 1. The molecule has 1 aromatic rings. The van der Waals surface area contributed by atoms with Crippen LogP contribution in [0.25, 0.3) is 0 Å². The number of carbonyl (C=O) groups is 1. The summed E-state index contributed by atoms with van der Waals surface area (Å²) in [6.07, 6.45) is 3.72. The first kappa shape index (κ1) is 17.2. The number of nitrogens with zero attached hydrogens (tertiary/aromatic N) is 1. The van der Waals surface area contributed by atoms with E-state index in [2.05, 4.69) is 34.5 Å². The van der Waals surface area contributed by atoms with Crippen LogP contribution in [-0.4, -0.2) is 42.9 Å². The van der Waals surface area contributed by atoms with E-state index in [1.807, 2.05) is 6.92 Å². The topological polar surface area (TPSA) is 61.8 Å². The molecule has 1 aliphatic carbocycles. The van der Waals surface area contributed by atoms with Crippen molar-refractivity contribution < 1.29 is 14.6 Å². The van der Waals surface area contributed by atoms with Crippen LogP contribution in [0, 0.1) is 0 Å². The Labute approximate surface area is 144 Å². The largest absolute Gasteiger partial charge is 0.389 e. The zero-order valence-electron chi connectivity index (χ0n) is 14.5. The molecule has 5 nitrogen and oxygen atoms in total. The maximum Gasteiger partial charge on any atom is 0.223 e. The first-order valence-corrected chi connectivity index (χ1v) is 9.00. The van der Waals surface area contributed by atoms with Crippen LogP contribution in [-0.2, 0) is 9.53 Å². The molecular formula is C19H28N2O3. The van der Waals surface area contributed by atoms with Gasteiger partial charge in [0.15, 0.2) is 0 Å². The minimum atomic E-state index is -0.788. The molecule has 2 fully saturated rings. The quantitative estimate of drug-likeness (QED) is 0.869. The molecule has 1 heterocycles. The van der Waals surface area contributed by atoms with Crippen LogP contribution >= 0.6 is 0 Å². The first-order valence-electron chi connectivity index (χ1n) is 9.00. The second kappa shape index (κ2) is 7.53. The fourth-order valence-electron chi connectivity index (χ4n) is 3.68. The zero-order chi connectivity index (χ0) is 17.0. The monoisotopic (exact) mass is 332 g/mol. The van der Waals surface area contributed by atoms with Gasteiger partial charge in [-0.25, -0.2) is 0 Å². The van der Waals surface area contributed by atoms with Gasteiger partial charge in [-0.05, 0) is 37.5 Å². The molecule has 0 spiro atoms. The molecule has 2 N–H and O–H groups in total. The number of hydrogen-bond acceptors (Lipinski definition) is 4. The van der Waals surface area contributed by atoms with Gasteiger partial charge in [-0.1, -0.05) is 25.0 Å². The number of ether oxygens (including phenoxy) is 1. The highest BCUT2D eigenvalue weighted by molar-refractivity contribution is 5.77. The first-order chi connectivity index (χ1) is 11.6. The van der Waals surface area contributed by atoms with Crippen molar-refractivity contribution in [3.8, 4) is 0 Å². The van der Waals surface area contributed by atoms with Crippen molar-refractivity contribution in [2.45, 2.75) is 50.7 Å². The van der Waals surface area contributed by atoms with Gasteiger partial charge in [-0.2, -0.15) is 0 Å². The van der Waals surface area contributed by atoms with Gasteiger partial charge < -0.3 is 20.1 Å². The molecule has 1 unspecified atom stereocenters. The standard InChI is InChI=1S/C19H28N2O3/c1-15(20-18(22)14-19(23)8-2-3-9-19)16-4-6-17(7-5-16)21-10-12-24-13-11-21/h4-7,15,23H,2-3,8-14H2,1H3,(H,20,22).